The Hall–Kier alpha value is -2.05. The molecule has 1 rings (SSSR count). The molecule has 0 saturated heterocycles. The van der Waals surface area contributed by atoms with Crippen molar-refractivity contribution in [2.24, 2.45) is 0 Å². The van der Waals surface area contributed by atoms with E-state index in [0.29, 0.717) is 6.20 Å². The van der Waals surface area contributed by atoms with E-state index in [2.05, 4.69) is 9.72 Å². The number of pyridine rings is 1. The third-order valence-electron chi connectivity index (χ3n) is 2.09. The fourth-order valence-corrected chi connectivity index (χ4v) is 1.26. The second-order valence-electron chi connectivity index (χ2n) is 3.41. The summed E-state index contributed by atoms with van der Waals surface area (Å²) in [7, 11) is 1.28. The van der Waals surface area contributed by atoms with E-state index in [4.69, 9.17) is 4.74 Å². The van der Waals surface area contributed by atoms with E-state index in [9.17, 15) is 18.0 Å². The highest BCUT2D eigenvalue weighted by Gasteiger charge is 2.31. The molecule has 0 aliphatic heterocycles. The van der Waals surface area contributed by atoms with E-state index in [1.807, 2.05) is 0 Å². The van der Waals surface area contributed by atoms with Gasteiger partial charge in [0, 0.05) is 17.8 Å². The average Bonchev–Trinajstić information content (AvgIpc) is 2.35. The minimum Gasteiger partial charge on any atom is -0.481 e. The molecule has 0 aromatic carbocycles. The zero-order valence-electron chi connectivity index (χ0n) is 10.3. The van der Waals surface area contributed by atoms with Crippen LogP contribution in [0.25, 0.3) is 6.08 Å². The van der Waals surface area contributed by atoms with Crippen molar-refractivity contribution in [2.75, 3.05) is 13.7 Å². The Bertz CT molecular complexity index is 484. The highest BCUT2D eigenvalue weighted by molar-refractivity contribution is 5.87. The van der Waals surface area contributed by atoms with Crippen molar-refractivity contribution in [1.29, 1.82) is 0 Å². The minimum atomic E-state index is -4.51. The number of nitrogens with zero attached hydrogens (tertiary/aromatic N) is 1. The summed E-state index contributed by atoms with van der Waals surface area (Å²) in [5.74, 6) is -0.657. The van der Waals surface area contributed by atoms with Crippen LogP contribution in [-0.2, 0) is 15.7 Å². The first kappa shape index (κ1) is 15.0. The van der Waals surface area contributed by atoms with Crippen LogP contribution in [-0.4, -0.2) is 24.7 Å². The van der Waals surface area contributed by atoms with E-state index in [-0.39, 0.29) is 18.1 Å². The quantitative estimate of drug-likeness (QED) is 0.626. The molecule has 0 N–H and O–H groups in total. The molecule has 0 spiro atoms. The summed E-state index contributed by atoms with van der Waals surface area (Å²) < 4.78 is 47.0. The molecule has 0 amide bonds. The summed E-state index contributed by atoms with van der Waals surface area (Å²) in [5, 5.41) is 0. The molecule has 1 aromatic heterocycles. The molecule has 1 aromatic rings. The van der Waals surface area contributed by atoms with Crippen LogP contribution in [0.5, 0.6) is 5.88 Å². The first-order valence-corrected chi connectivity index (χ1v) is 5.34. The van der Waals surface area contributed by atoms with Crippen LogP contribution >= 0.6 is 0 Å². The molecule has 0 bridgehead atoms. The van der Waals surface area contributed by atoms with Crippen LogP contribution < -0.4 is 4.74 Å². The standard InChI is InChI=1S/C12H12F3NO3/c1-3-19-10(17)5-4-8-6-9(12(13,14)15)7-16-11(8)18-2/h4-7H,3H2,1-2H3/b5-4+. The van der Waals surface area contributed by atoms with Crippen molar-refractivity contribution < 1.29 is 27.4 Å². The van der Waals surface area contributed by atoms with Crippen molar-refractivity contribution >= 4 is 12.0 Å². The average molecular weight is 275 g/mol. The minimum absolute atomic E-state index is 0.00597. The van der Waals surface area contributed by atoms with Crippen molar-refractivity contribution in [3.63, 3.8) is 0 Å². The zero-order valence-corrected chi connectivity index (χ0v) is 10.3. The van der Waals surface area contributed by atoms with Gasteiger partial charge in [-0.15, -0.1) is 0 Å². The second kappa shape index (κ2) is 6.21. The van der Waals surface area contributed by atoms with Gasteiger partial charge in [-0.25, -0.2) is 9.78 Å². The number of hydrogen-bond donors (Lipinski definition) is 0. The molecular formula is C12H12F3NO3. The molecule has 0 aliphatic rings. The summed E-state index contributed by atoms with van der Waals surface area (Å²) >= 11 is 0. The van der Waals surface area contributed by atoms with Gasteiger partial charge in [0.05, 0.1) is 19.3 Å². The fourth-order valence-electron chi connectivity index (χ4n) is 1.26. The summed E-state index contributed by atoms with van der Waals surface area (Å²) in [6.45, 7) is 1.80. The van der Waals surface area contributed by atoms with E-state index in [1.54, 1.807) is 6.92 Å². The third kappa shape index (κ3) is 4.27. The second-order valence-corrected chi connectivity index (χ2v) is 3.41. The SMILES string of the molecule is CCOC(=O)/C=C/c1cc(C(F)(F)F)cnc1OC. The molecule has 4 nitrogen and oxygen atoms in total. The number of aromatic nitrogens is 1. The number of hydrogen-bond acceptors (Lipinski definition) is 4. The monoisotopic (exact) mass is 275 g/mol. The van der Waals surface area contributed by atoms with Crippen LogP contribution in [0.2, 0.25) is 0 Å². The van der Waals surface area contributed by atoms with Crippen LogP contribution in [0.1, 0.15) is 18.1 Å². The van der Waals surface area contributed by atoms with Gasteiger partial charge in [-0.1, -0.05) is 0 Å². The highest BCUT2D eigenvalue weighted by Crippen LogP contribution is 2.31. The van der Waals surface area contributed by atoms with Crippen LogP contribution in [0.3, 0.4) is 0 Å². The number of alkyl halides is 3. The van der Waals surface area contributed by atoms with Gasteiger partial charge in [-0.3, -0.25) is 0 Å². The molecule has 0 unspecified atom stereocenters. The Morgan fingerprint density at radius 2 is 2.16 bits per heavy atom. The largest absolute Gasteiger partial charge is 0.481 e. The van der Waals surface area contributed by atoms with Crippen molar-refractivity contribution in [3.05, 3.63) is 29.5 Å². The fraction of sp³-hybridized carbons (Fsp3) is 0.333. The summed E-state index contributed by atoms with van der Waals surface area (Å²) in [6, 6.07) is 0.849. The van der Waals surface area contributed by atoms with Crippen molar-refractivity contribution in [3.8, 4) is 5.88 Å². The van der Waals surface area contributed by atoms with Gasteiger partial charge in [0.15, 0.2) is 0 Å². The van der Waals surface area contributed by atoms with Crippen LogP contribution in [0, 0.1) is 0 Å². The van der Waals surface area contributed by atoms with Gasteiger partial charge in [0.1, 0.15) is 0 Å². The third-order valence-corrected chi connectivity index (χ3v) is 2.09. The Morgan fingerprint density at radius 1 is 1.47 bits per heavy atom. The van der Waals surface area contributed by atoms with Crippen LogP contribution in [0.4, 0.5) is 13.2 Å². The number of esters is 1. The van der Waals surface area contributed by atoms with Crippen molar-refractivity contribution in [2.45, 2.75) is 13.1 Å². The molecule has 0 fully saturated rings. The summed E-state index contributed by atoms with van der Waals surface area (Å²) in [6.07, 6.45) is -1.66. The van der Waals surface area contributed by atoms with Crippen LogP contribution in [0.15, 0.2) is 18.3 Å². The predicted molar refractivity (Wildman–Crippen MR) is 61.5 cm³/mol. The molecular weight excluding hydrogens is 263 g/mol. The summed E-state index contributed by atoms with van der Waals surface area (Å²) in [4.78, 5) is 14.6. The molecule has 104 valence electrons. The summed E-state index contributed by atoms with van der Waals surface area (Å²) in [5.41, 5.74) is -0.873. The lowest BCUT2D eigenvalue weighted by Gasteiger charge is -2.09. The zero-order chi connectivity index (χ0) is 14.5. The normalized spacial score (nSPS) is 11.6. The van der Waals surface area contributed by atoms with Gasteiger partial charge in [0.25, 0.3) is 0 Å². The maximum atomic E-state index is 12.5. The Balaban J connectivity index is 3.06. The van der Waals surface area contributed by atoms with Gasteiger partial charge < -0.3 is 9.47 Å². The molecule has 0 aliphatic carbocycles. The molecule has 1 heterocycles. The van der Waals surface area contributed by atoms with E-state index in [1.165, 1.54) is 13.2 Å². The van der Waals surface area contributed by atoms with Gasteiger partial charge in [0.2, 0.25) is 5.88 Å². The van der Waals surface area contributed by atoms with E-state index >= 15 is 0 Å². The van der Waals surface area contributed by atoms with E-state index < -0.39 is 17.7 Å². The maximum Gasteiger partial charge on any atom is 0.417 e. The molecule has 19 heavy (non-hydrogen) atoms. The maximum absolute atomic E-state index is 12.5. The lowest BCUT2D eigenvalue weighted by Crippen LogP contribution is -2.07. The number of carbonyl (C=O) groups excluding carboxylic acids is 1. The predicted octanol–water partition coefficient (Wildman–Crippen LogP) is 2.69. The lowest BCUT2D eigenvalue weighted by molar-refractivity contribution is -0.138. The van der Waals surface area contributed by atoms with E-state index in [0.717, 1.165) is 12.1 Å². The number of ether oxygens (including phenoxy) is 2. The number of methoxy groups -OCH3 is 1. The number of halogens is 3. The Morgan fingerprint density at radius 3 is 2.68 bits per heavy atom. The highest BCUT2D eigenvalue weighted by atomic mass is 19.4. The smallest absolute Gasteiger partial charge is 0.417 e. The van der Waals surface area contributed by atoms with Gasteiger partial charge >= 0.3 is 12.1 Å². The first-order valence-electron chi connectivity index (χ1n) is 5.34. The first-order chi connectivity index (χ1) is 8.88. The van der Waals surface area contributed by atoms with Gasteiger partial charge in [-0.05, 0) is 19.1 Å². The molecule has 0 atom stereocenters. The number of rotatable bonds is 4. The topological polar surface area (TPSA) is 48.4 Å². The molecule has 7 heteroatoms. The Labute approximate surface area is 107 Å². The lowest BCUT2D eigenvalue weighted by atomic mass is 10.2. The Kier molecular flexibility index (Phi) is 4.91. The van der Waals surface area contributed by atoms with Gasteiger partial charge in [-0.2, -0.15) is 13.2 Å². The molecule has 0 radical (unpaired) electrons. The van der Waals surface area contributed by atoms with Crippen molar-refractivity contribution in [1.82, 2.24) is 4.98 Å². The number of carbonyl (C=O) groups is 1. The molecule has 0 saturated carbocycles.